The molecule has 0 aromatic heterocycles. The highest BCUT2D eigenvalue weighted by Gasteiger charge is 2.21. The fourth-order valence-electron chi connectivity index (χ4n) is 2.39. The highest BCUT2D eigenvalue weighted by molar-refractivity contribution is 7.60. The molecule has 0 bridgehead atoms. The molecule has 0 atom stereocenters. The van der Waals surface area contributed by atoms with Gasteiger partial charge in [-0.15, -0.1) is 0 Å². The van der Waals surface area contributed by atoms with Crippen molar-refractivity contribution in [3.63, 3.8) is 0 Å². The Morgan fingerprint density at radius 2 is 1.33 bits per heavy atom. The zero-order chi connectivity index (χ0) is 17.8. The number of anilines is 1. The Labute approximate surface area is 139 Å². The number of hydrogen-bond acceptors (Lipinski definition) is 3. The second kappa shape index (κ2) is 7.62. The van der Waals surface area contributed by atoms with E-state index in [1.165, 1.54) is 12.1 Å². The standard InChI is InChI=1S/C15H19NO6P2/c17-23(18,19)14-9-3-1-6-12(14)7-5-11-16-13-8-2-4-10-15(13)24(20,21)22/h1-4,6,8-10,16H,5,7,11H2,(H2,17,18,19)(H2,20,21,22). The third-order valence-electron chi connectivity index (χ3n) is 3.46. The van der Waals surface area contributed by atoms with Gasteiger partial charge >= 0.3 is 15.2 Å². The van der Waals surface area contributed by atoms with Gasteiger partial charge in [-0.25, -0.2) is 0 Å². The molecule has 7 nitrogen and oxygen atoms in total. The Morgan fingerprint density at radius 3 is 1.96 bits per heavy atom. The normalized spacial score (nSPS) is 12.2. The third-order valence-corrected chi connectivity index (χ3v) is 5.54. The maximum atomic E-state index is 11.5. The van der Waals surface area contributed by atoms with Crippen molar-refractivity contribution in [1.82, 2.24) is 0 Å². The molecule has 0 heterocycles. The van der Waals surface area contributed by atoms with Crippen LogP contribution in [0.2, 0.25) is 0 Å². The van der Waals surface area contributed by atoms with Crippen molar-refractivity contribution in [2.24, 2.45) is 0 Å². The molecule has 0 aliphatic heterocycles. The number of benzene rings is 2. The molecule has 0 aliphatic rings. The van der Waals surface area contributed by atoms with Gasteiger partial charge in [-0.05, 0) is 36.6 Å². The first kappa shape index (κ1) is 18.9. The molecule has 5 N–H and O–H groups in total. The predicted octanol–water partition coefficient (Wildman–Crippen LogP) is 1.34. The van der Waals surface area contributed by atoms with E-state index in [1.807, 2.05) is 0 Å². The summed E-state index contributed by atoms with van der Waals surface area (Å²) in [5.74, 6) is 0. The number of hydrogen-bond donors (Lipinski definition) is 5. The van der Waals surface area contributed by atoms with E-state index in [-0.39, 0.29) is 10.6 Å². The van der Waals surface area contributed by atoms with Gasteiger partial charge in [0.15, 0.2) is 0 Å². The fraction of sp³-hybridized carbons (Fsp3) is 0.200. The SMILES string of the molecule is O=P(O)(O)c1ccccc1CCCNc1ccccc1P(=O)(O)O. The topological polar surface area (TPSA) is 127 Å². The monoisotopic (exact) mass is 371 g/mol. The van der Waals surface area contributed by atoms with Crippen molar-refractivity contribution in [3.8, 4) is 0 Å². The summed E-state index contributed by atoms with van der Waals surface area (Å²) in [4.78, 5) is 37.3. The first-order valence-corrected chi connectivity index (χ1v) is 10.4. The summed E-state index contributed by atoms with van der Waals surface area (Å²) in [6.07, 6.45) is 0.985. The van der Waals surface area contributed by atoms with Crippen LogP contribution in [0, 0.1) is 0 Å². The Morgan fingerprint density at radius 1 is 0.792 bits per heavy atom. The average Bonchev–Trinajstić information content (AvgIpc) is 2.50. The van der Waals surface area contributed by atoms with E-state index >= 15 is 0 Å². The molecular weight excluding hydrogens is 352 g/mol. The molecule has 0 radical (unpaired) electrons. The van der Waals surface area contributed by atoms with E-state index in [0.29, 0.717) is 30.6 Å². The Balaban J connectivity index is 2.01. The molecule has 2 rings (SSSR count). The van der Waals surface area contributed by atoms with Crippen LogP contribution in [0.4, 0.5) is 5.69 Å². The van der Waals surface area contributed by atoms with E-state index in [4.69, 9.17) is 0 Å². The van der Waals surface area contributed by atoms with Crippen LogP contribution in [-0.2, 0) is 15.6 Å². The van der Waals surface area contributed by atoms with Gasteiger partial charge in [0.05, 0.1) is 10.6 Å². The molecule has 0 fully saturated rings. The predicted molar refractivity (Wildman–Crippen MR) is 93.1 cm³/mol. The summed E-state index contributed by atoms with van der Waals surface area (Å²) in [6, 6.07) is 12.5. The minimum absolute atomic E-state index is 0.0145. The lowest BCUT2D eigenvalue weighted by Crippen LogP contribution is -2.15. The molecule has 2 aromatic rings. The van der Waals surface area contributed by atoms with Crippen LogP contribution in [0.5, 0.6) is 0 Å². The number of nitrogens with one attached hydrogen (secondary N) is 1. The summed E-state index contributed by atoms with van der Waals surface area (Å²) in [6.45, 7) is 0.409. The van der Waals surface area contributed by atoms with Crippen LogP contribution in [0.1, 0.15) is 12.0 Å². The van der Waals surface area contributed by atoms with E-state index in [1.54, 1.807) is 36.4 Å². The number of aryl methyl sites for hydroxylation is 1. The number of rotatable bonds is 7. The van der Waals surface area contributed by atoms with Crippen molar-refractivity contribution in [2.45, 2.75) is 12.8 Å². The van der Waals surface area contributed by atoms with Gasteiger partial charge in [0.2, 0.25) is 0 Å². The van der Waals surface area contributed by atoms with Gasteiger partial charge in [0.25, 0.3) is 0 Å². The van der Waals surface area contributed by atoms with Gasteiger partial charge in [0, 0.05) is 12.2 Å². The molecule has 0 aliphatic carbocycles. The lowest BCUT2D eigenvalue weighted by Gasteiger charge is -2.14. The molecule has 0 spiro atoms. The van der Waals surface area contributed by atoms with Crippen molar-refractivity contribution in [2.75, 3.05) is 11.9 Å². The molecule has 2 aromatic carbocycles. The molecule has 0 amide bonds. The Hall–Kier alpha value is -1.46. The second-order valence-electron chi connectivity index (χ2n) is 5.26. The van der Waals surface area contributed by atoms with Gasteiger partial charge in [-0.3, -0.25) is 9.13 Å². The van der Waals surface area contributed by atoms with Gasteiger partial charge < -0.3 is 24.9 Å². The lowest BCUT2D eigenvalue weighted by atomic mass is 10.1. The van der Waals surface area contributed by atoms with Crippen LogP contribution in [0.25, 0.3) is 0 Å². The molecule has 0 unspecified atom stereocenters. The summed E-state index contributed by atoms with van der Waals surface area (Å²) < 4.78 is 22.9. The largest absolute Gasteiger partial charge is 0.384 e. The van der Waals surface area contributed by atoms with Gasteiger partial charge in [-0.1, -0.05) is 30.3 Å². The Bertz CT molecular complexity index is 731. The molecule has 0 saturated heterocycles. The summed E-state index contributed by atoms with van der Waals surface area (Å²) in [5, 5.41) is 2.91. The zero-order valence-corrected chi connectivity index (χ0v) is 14.5. The first-order chi connectivity index (χ1) is 11.2. The first-order valence-electron chi connectivity index (χ1n) is 7.22. The average molecular weight is 371 g/mol. The van der Waals surface area contributed by atoms with E-state index in [9.17, 15) is 28.7 Å². The Kier molecular flexibility index (Phi) is 5.99. The van der Waals surface area contributed by atoms with Crippen LogP contribution in [-0.4, -0.2) is 26.1 Å². The third kappa shape index (κ3) is 5.02. The van der Waals surface area contributed by atoms with Crippen molar-refractivity contribution in [1.29, 1.82) is 0 Å². The van der Waals surface area contributed by atoms with Crippen LogP contribution in [0.3, 0.4) is 0 Å². The minimum Gasteiger partial charge on any atom is -0.384 e. The smallest absolute Gasteiger partial charge is 0.358 e. The maximum Gasteiger partial charge on any atom is 0.358 e. The van der Waals surface area contributed by atoms with Gasteiger partial charge in [0.1, 0.15) is 0 Å². The van der Waals surface area contributed by atoms with E-state index in [2.05, 4.69) is 5.32 Å². The number of para-hydroxylation sites is 1. The molecule has 0 saturated carbocycles. The van der Waals surface area contributed by atoms with Crippen molar-refractivity contribution < 1.29 is 28.7 Å². The molecule has 130 valence electrons. The quantitative estimate of drug-likeness (QED) is 0.367. The highest BCUT2D eigenvalue weighted by atomic mass is 31.2. The van der Waals surface area contributed by atoms with Crippen LogP contribution < -0.4 is 15.9 Å². The molecule has 24 heavy (non-hydrogen) atoms. The van der Waals surface area contributed by atoms with Crippen molar-refractivity contribution in [3.05, 3.63) is 54.1 Å². The summed E-state index contributed by atoms with van der Waals surface area (Å²) in [7, 11) is -8.67. The lowest BCUT2D eigenvalue weighted by molar-refractivity contribution is 0.385. The summed E-state index contributed by atoms with van der Waals surface area (Å²) in [5.41, 5.74) is 0.921. The van der Waals surface area contributed by atoms with E-state index in [0.717, 1.165) is 0 Å². The molecular formula is C15H19NO6P2. The molecule has 9 heteroatoms. The van der Waals surface area contributed by atoms with Gasteiger partial charge in [-0.2, -0.15) is 0 Å². The maximum absolute atomic E-state index is 11.5. The fourth-order valence-corrected chi connectivity index (χ4v) is 3.97. The highest BCUT2D eigenvalue weighted by Crippen LogP contribution is 2.36. The minimum atomic E-state index is -4.36. The van der Waals surface area contributed by atoms with Crippen LogP contribution >= 0.6 is 15.2 Å². The van der Waals surface area contributed by atoms with E-state index < -0.39 is 15.2 Å². The van der Waals surface area contributed by atoms with Crippen LogP contribution in [0.15, 0.2) is 48.5 Å². The second-order valence-corrected chi connectivity index (χ2v) is 8.40. The summed E-state index contributed by atoms with van der Waals surface area (Å²) >= 11 is 0. The zero-order valence-electron chi connectivity index (χ0n) is 12.7. The van der Waals surface area contributed by atoms with Crippen molar-refractivity contribution >= 4 is 31.5 Å².